The average Bonchev–Trinajstić information content (AvgIpc) is 3.14. The Balaban J connectivity index is 1.78. The lowest BCUT2D eigenvalue weighted by Crippen LogP contribution is -2.29. The number of benzene rings is 3. The molecule has 6 nitrogen and oxygen atoms in total. The second-order valence-corrected chi connectivity index (χ2v) is 9.31. The van der Waals surface area contributed by atoms with Gasteiger partial charge in [0, 0.05) is 16.3 Å². The van der Waals surface area contributed by atoms with Crippen LogP contribution in [0.5, 0.6) is 11.5 Å². The smallest absolute Gasteiger partial charge is 0.300 e. The summed E-state index contributed by atoms with van der Waals surface area (Å²) in [6.07, 6.45) is 0. The summed E-state index contributed by atoms with van der Waals surface area (Å²) in [5.41, 5.74) is 1.57. The zero-order valence-corrected chi connectivity index (χ0v) is 21.2. The average molecular weight is 506 g/mol. The predicted octanol–water partition coefficient (Wildman–Crippen LogP) is 6.40. The van der Waals surface area contributed by atoms with E-state index >= 15 is 0 Å². The van der Waals surface area contributed by atoms with Crippen molar-refractivity contribution in [3.8, 4) is 11.5 Å². The van der Waals surface area contributed by atoms with Crippen LogP contribution >= 0.6 is 11.6 Å². The molecule has 1 amide bonds. The first kappa shape index (κ1) is 25.3. The van der Waals surface area contributed by atoms with Crippen LogP contribution in [-0.2, 0) is 9.59 Å². The third kappa shape index (κ3) is 5.24. The van der Waals surface area contributed by atoms with Gasteiger partial charge in [-0.05, 0) is 79.1 Å². The molecule has 1 saturated heterocycles. The van der Waals surface area contributed by atoms with Gasteiger partial charge >= 0.3 is 0 Å². The normalized spacial score (nSPS) is 17.0. The van der Waals surface area contributed by atoms with Crippen LogP contribution in [0.3, 0.4) is 0 Å². The van der Waals surface area contributed by atoms with Crippen molar-refractivity contribution >= 4 is 34.7 Å². The highest BCUT2D eigenvalue weighted by Crippen LogP contribution is 2.42. The van der Waals surface area contributed by atoms with E-state index in [0.717, 1.165) is 0 Å². The topological polar surface area (TPSA) is 76.1 Å². The van der Waals surface area contributed by atoms with Crippen molar-refractivity contribution in [3.63, 3.8) is 0 Å². The van der Waals surface area contributed by atoms with Crippen LogP contribution in [0.2, 0.25) is 5.02 Å². The molecule has 7 heteroatoms. The molecule has 1 aliphatic heterocycles. The van der Waals surface area contributed by atoms with E-state index in [-0.39, 0.29) is 11.3 Å². The molecule has 0 spiro atoms. The number of anilines is 1. The van der Waals surface area contributed by atoms with E-state index in [4.69, 9.17) is 21.1 Å². The number of carbonyl (C=O) groups excluding carboxylic acids is 2. The largest absolute Gasteiger partial charge is 0.507 e. The molecule has 0 saturated carbocycles. The lowest BCUT2D eigenvalue weighted by molar-refractivity contribution is -0.132. The van der Waals surface area contributed by atoms with Gasteiger partial charge < -0.3 is 14.6 Å². The summed E-state index contributed by atoms with van der Waals surface area (Å²) in [7, 11) is 0. The number of carbonyl (C=O) groups is 2. The number of ketones is 1. The van der Waals surface area contributed by atoms with Crippen LogP contribution in [0.4, 0.5) is 5.69 Å². The summed E-state index contributed by atoms with van der Waals surface area (Å²) in [6, 6.07) is 19.8. The fourth-order valence-corrected chi connectivity index (χ4v) is 4.18. The van der Waals surface area contributed by atoms with Gasteiger partial charge in [-0.25, -0.2) is 0 Å². The molecule has 186 valence electrons. The Morgan fingerprint density at radius 2 is 1.50 bits per heavy atom. The third-order valence-electron chi connectivity index (χ3n) is 5.77. The van der Waals surface area contributed by atoms with Crippen LogP contribution in [0, 0.1) is 5.92 Å². The van der Waals surface area contributed by atoms with Gasteiger partial charge in [0.1, 0.15) is 17.3 Å². The summed E-state index contributed by atoms with van der Waals surface area (Å²) in [4.78, 5) is 27.9. The molecular weight excluding hydrogens is 478 g/mol. The van der Waals surface area contributed by atoms with Gasteiger partial charge in [0.25, 0.3) is 11.7 Å². The van der Waals surface area contributed by atoms with Crippen LogP contribution < -0.4 is 14.4 Å². The standard InChI is InChI=1S/C29H28ClNO5/c1-4-35-23-15-11-22(12-16-23)31-26(19-5-9-21(30)10-6-19)25(28(33)29(31)34)27(32)20-7-13-24(14-8-20)36-17-18(2)3/h5-16,18,26,32H,4,17H2,1-3H3/b27-25+. The zero-order valence-electron chi connectivity index (χ0n) is 20.4. The van der Waals surface area contributed by atoms with Gasteiger partial charge in [-0.15, -0.1) is 0 Å². The number of hydrogen-bond acceptors (Lipinski definition) is 5. The minimum absolute atomic E-state index is 0.00653. The molecule has 3 aromatic carbocycles. The molecule has 1 heterocycles. The molecule has 0 aromatic heterocycles. The van der Waals surface area contributed by atoms with E-state index in [2.05, 4.69) is 13.8 Å². The Bertz CT molecular complexity index is 1260. The lowest BCUT2D eigenvalue weighted by atomic mass is 9.95. The van der Waals surface area contributed by atoms with E-state index in [1.165, 1.54) is 4.90 Å². The number of Topliss-reactive ketones (excluding diaryl/α,β-unsaturated/α-hetero) is 1. The molecule has 1 aliphatic rings. The maximum atomic E-state index is 13.3. The number of aliphatic hydroxyl groups excluding tert-OH is 1. The molecule has 1 atom stereocenters. The van der Waals surface area contributed by atoms with Crippen molar-refractivity contribution in [2.45, 2.75) is 26.8 Å². The van der Waals surface area contributed by atoms with E-state index in [1.54, 1.807) is 72.8 Å². The van der Waals surface area contributed by atoms with Crippen LogP contribution in [0.25, 0.3) is 5.76 Å². The molecule has 36 heavy (non-hydrogen) atoms. The van der Waals surface area contributed by atoms with Crippen molar-refractivity contribution < 1.29 is 24.2 Å². The van der Waals surface area contributed by atoms with Gasteiger partial charge in [0.2, 0.25) is 0 Å². The summed E-state index contributed by atoms with van der Waals surface area (Å²) >= 11 is 6.10. The van der Waals surface area contributed by atoms with Crippen molar-refractivity contribution in [3.05, 3.63) is 94.5 Å². The molecule has 0 bridgehead atoms. The summed E-state index contributed by atoms with van der Waals surface area (Å²) in [6.45, 7) is 7.07. The Hall–Kier alpha value is -3.77. The monoisotopic (exact) mass is 505 g/mol. The van der Waals surface area contributed by atoms with Gasteiger partial charge in [-0.1, -0.05) is 37.6 Å². The van der Waals surface area contributed by atoms with Gasteiger partial charge in [-0.3, -0.25) is 14.5 Å². The molecule has 4 rings (SSSR count). The summed E-state index contributed by atoms with van der Waals surface area (Å²) < 4.78 is 11.2. The minimum Gasteiger partial charge on any atom is -0.507 e. The first-order valence-electron chi connectivity index (χ1n) is 11.8. The first-order valence-corrected chi connectivity index (χ1v) is 12.2. The highest BCUT2D eigenvalue weighted by atomic mass is 35.5. The molecule has 1 unspecified atom stereocenters. The van der Waals surface area contributed by atoms with Crippen molar-refractivity contribution in [1.82, 2.24) is 0 Å². The van der Waals surface area contributed by atoms with Crippen LogP contribution in [0.15, 0.2) is 78.4 Å². The lowest BCUT2D eigenvalue weighted by Gasteiger charge is -2.25. The van der Waals surface area contributed by atoms with Crippen molar-refractivity contribution in [2.75, 3.05) is 18.1 Å². The highest BCUT2D eigenvalue weighted by Gasteiger charge is 2.47. The number of amides is 1. The number of rotatable bonds is 8. The number of halogens is 1. The molecule has 3 aromatic rings. The second kappa shape index (κ2) is 10.9. The zero-order chi connectivity index (χ0) is 25.8. The Labute approximate surface area is 215 Å². The number of aliphatic hydroxyl groups is 1. The van der Waals surface area contributed by atoms with Crippen molar-refractivity contribution in [2.24, 2.45) is 5.92 Å². The van der Waals surface area contributed by atoms with E-state index in [1.807, 2.05) is 6.92 Å². The fraction of sp³-hybridized carbons (Fsp3) is 0.241. The van der Waals surface area contributed by atoms with E-state index < -0.39 is 17.7 Å². The predicted molar refractivity (Wildman–Crippen MR) is 141 cm³/mol. The maximum absolute atomic E-state index is 13.3. The van der Waals surface area contributed by atoms with Crippen molar-refractivity contribution in [1.29, 1.82) is 0 Å². The Morgan fingerprint density at radius 3 is 2.08 bits per heavy atom. The van der Waals surface area contributed by atoms with E-state index in [9.17, 15) is 14.7 Å². The number of hydrogen-bond donors (Lipinski definition) is 1. The SMILES string of the molecule is CCOc1ccc(N2C(=O)C(=O)/C(=C(/O)c3ccc(OCC(C)C)cc3)C2c2ccc(Cl)cc2)cc1. The highest BCUT2D eigenvalue weighted by molar-refractivity contribution is 6.51. The number of nitrogens with zero attached hydrogens (tertiary/aromatic N) is 1. The van der Waals surface area contributed by atoms with Gasteiger partial charge in [0.05, 0.1) is 24.8 Å². The molecule has 1 N–H and O–H groups in total. The number of ether oxygens (including phenoxy) is 2. The third-order valence-corrected chi connectivity index (χ3v) is 6.02. The summed E-state index contributed by atoms with van der Waals surface area (Å²) in [5.74, 6) is -0.0582. The van der Waals surface area contributed by atoms with Gasteiger partial charge in [-0.2, -0.15) is 0 Å². The molecule has 1 fully saturated rings. The maximum Gasteiger partial charge on any atom is 0.300 e. The molecule has 0 aliphatic carbocycles. The quantitative estimate of drug-likeness (QED) is 0.218. The Kier molecular flexibility index (Phi) is 7.65. The van der Waals surface area contributed by atoms with Gasteiger partial charge in [0.15, 0.2) is 0 Å². The fourth-order valence-electron chi connectivity index (χ4n) is 4.06. The van der Waals surface area contributed by atoms with Crippen LogP contribution in [0.1, 0.15) is 37.9 Å². The summed E-state index contributed by atoms with van der Waals surface area (Å²) in [5, 5.41) is 11.8. The molecule has 0 radical (unpaired) electrons. The van der Waals surface area contributed by atoms with Crippen LogP contribution in [-0.4, -0.2) is 30.0 Å². The Morgan fingerprint density at radius 1 is 0.917 bits per heavy atom. The van der Waals surface area contributed by atoms with E-state index in [0.29, 0.717) is 52.5 Å². The second-order valence-electron chi connectivity index (χ2n) is 8.88. The molecular formula is C29H28ClNO5. The first-order chi connectivity index (χ1) is 17.3. The minimum atomic E-state index is -0.836.